The van der Waals surface area contributed by atoms with E-state index in [1.54, 1.807) is 0 Å². The number of hydrogen-bond acceptors (Lipinski definition) is 5. The Balaban J connectivity index is 1.70. The SMILES string of the molecule is CN1C[C@]2(C[C@@H](O)C2)n2cc(C(=O)NCc3ccc(F)cc3F)c(=O)c(O)c2C1=O. The van der Waals surface area contributed by atoms with Gasteiger partial charge in [-0.05, 0) is 18.9 Å². The van der Waals surface area contributed by atoms with Crippen molar-refractivity contribution >= 4 is 11.8 Å². The Morgan fingerprint density at radius 2 is 2.00 bits per heavy atom. The third-order valence-corrected chi connectivity index (χ3v) is 5.71. The molecule has 1 saturated carbocycles. The number of pyridine rings is 1. The Morgan fingerprint density at radius 1 is 1.30 bits per heavy atom. The van der Waals surface area contributed by atoms with E-state index >= 15 is 0 Å². The van der Waals surface area contributed by atoms with Gasteiger partial charge in [0.05, 0.1) is 11.6 Å². The highest BCUT2D eigenvalue weighted by Gasteiger charge is 2.51. The van der Waals surface area contributed by atoms with Crippen LogP contribution in [0.3, 0.4) is 0 Å². The number of rotatable bonds is 3. The lowest BCUT2D eigenvalue weighted by Crippen LogP contribution is -2.61. The van der Waals surface area contributed by atoms with E-state index in [2.05, 4.69) is 5.32 Å². The van der Waals surface area contributed by atoms with Crippen LogP contribution in [0.1, 0.15) is 39.3 Å². The molecule has 3 N–H and O–H groups in total. The molecule has 1 aromatic heterocycles. The number of hydrogen-bond donors (Lipinski definition) is 3. The van der Waals surface area contributed by atoms with Gasteiger partial charge in [0.2, 0.25) is 5.43 Å². The lowest BCUT2D eigenvalue weighted by molar-refractivity contribution is -0.0453. The molecule has 158 valence electrons. The second kappa shape index (κ2) is 6.91. The first kappa shape index (κ1) is 20.0. The summed E-state index contributed by atoms with van der Waals surface area (Å²) in [5.74, 6) is -3.92. The van der Waals surface area contributed by atoms with Crippen molar-refractivity contribution in [3.05, 3.63) is 63.1 Å². The molecule has 0 bridgehead atoms. The Bertz CT molecular complexity index is 1120. The highest BCUT2D eigenvalue weighted by atomic mass is 19.1. The average molecular weight is 419 g/mol. The molecular formula is C20H19F2N3O5. The number of benzene rings is 1. The minimum absolute atomic E-state index is 0.0161. The van der Waals surface area contributed by atoms with E-state index in [0.717, 1.165) is 6.07 Å². The van der Waals surface area contributed by atoms with Gasteiger partial charge in [0.15, 0.2) is 11.4 Å². The molecule has 1 aromatic carbocycles. The molecule has 1 fully saturated rings. The van der Waals surface area contributed by atoms with Crippen molar-refractivity contribution in [1.29, 1.82) is 0 Å². The first-order valence-corrected chi connectivity index (χ1v) is 9.28. The van der Waals surface area contributed by atoms with Crippen LogP contribution in [0, 0.1) is 11.6 Å². The van der Waals surface area contributed by atoms with Gasteiger partial charge in [0.1, 0.15) is 17.2 Å². The molecular weight excluding hydrogens is 400 g/mol. The third kappa shape index (κ3) is 3.04. The van der Waals surface area contributed by atoms with Crippen LogP contribution >= 0.6 is 0 Å². The number of fused-ring (bicyclic) bond motifs is 2. The van der Waals surface area contributed by atoms with Crippen LogP contribution < -0.4 is 10.7 Å². The smallest absolute Gasteiger partial charge is 0.274 e. The summed E-state index contributed by atoms with van der Waals surface area (Å²) in [5.41, 5.74) is -2.40. The summed E-state index contributed by atoms with van der Waals surface area (Å²) in [6.45, 7) is -0.0571. The van der Waals surface area contributed by atoms with E-state index in [0.29, 0.717) is 18.9 Å². The second-order valence-electron chi connectivity index (χ2n) is 7.81. The van der Waals surface area contributed by atoms with Gasteiger partial charge in [-0.15, -0.1) is 0 Å². The molecule has 2 aliphatic rings. The van der Waals surface area contributed by atoms with Crippen molar-refractivity contribution in [3.63, 3.8) is 0 Å². The maximum atomic E-state index is 13.8. The standard InChI is InChI=1S/C20H19F2N3O5/c1-24-9-20(5-12(26)6-20)25-8-13(16(27)17(28)15(25)19(24)30)18(29)23-7-10-2-3-11(21)4-14(10)22/h2-4,8,12,26,28H,5-7,9H2,1H3,(H,23,29)/t12-,20-. The summed E-state index contributed by atoms with van der Waals surface area (Å²) in [4.78, 5) is 39.1. The Kier molecular flexibility index (Phi) is 4.61. The normalized spacial score (nSPS) is 22.6. The van der Waals surface area contributed by atoms with Crippen LogP contribution in [-0.2, 0) is 12.1 Å². The van der Waals surface area contributed by atoms with Gasteiger partial charge in [-0.3, -0.25) is 14.4 Å². The predicted octanol–water partition coefficient (Wildman–Crippen LogP) is 0.698. The number of carbonyl (C=O) groups excluding carboxylic acids is 2. The van der Waals surface area contributed by atoms with Crippen molar-refractivity contribution in [1.82, 2.24) is 14.8 Å². The van der Waals surface area contributed by atoms with Crippen LogP contribution in [0.25, 0.3) is 0 Å². The van der Waals surface area contributed by atoms with Crippen LogP contribution in [-0.4, -0.2) is 51.2 Å². The molecule has 1 spiro atoms. The fraction of sp³-hybridized carbons (Fsp3) is 0.350. The van der Waals surface area contributed by atoms with E-state index < -0.39 is 51.8 Å². The van der Waals surface area contributed by atoms with Gasteiger partial charge in [-0.25, -0.2) is 8.78 Å². The molecule has 0 saturated heterocycles. The summed E-state index contributed by atoms with van der Waals surface area (Å²) in [6, 6.07) is 2.88. The monoisotopic (exact) mass is 419 g/mol. The summed E-state index contributed by atoms with van der Waals surface area (Å²) < 4.78 is 28.2. The molecule has 2 heterocycles. The largest absolute Gasteiger partial charge is 0.503 e. The summed E-state index contributed by atoms with van der Waals surface area (Å²) in [6.07, 6.45) is 1.19. The zero-order chi connectivity index (χ0) is 21.8. The quantitative estimate of drug-likeness (QED) is 0.678. The van der Waals surface area contributed by atoms with E-state index in [1.165, 1.54) is 28.8 Å². The van der Waals surface area contributed by atoms with Crippen molar-refractivity contribution in [2.24, 2.45) is 0 Å². The Hall–Kier alpha value is -3.27. The first-order valence-electron chi connectivity index (χ1n) is 9.28. The zero-order valence-electron chi connectivity index (χ0n) is 16.0. The van der Waals surface area contributed by atoms with Gasteiger partial charge >= 0.3 is 0 Å². The number of amides is 2. The number of nitrogens with zero attached hydrogens (tertiary/aromatic N) is 2. The van der Waals surface area contributed by atoms with Crippen LogP contribution in [0.5, 0.6) is 5.75 Å². The van der Waals surface area contributed by atoms with Gasteiger partial charge in [0.25, 0.3) is 11.8 Å². The molecule has 8 nitrogen and oxygen atoms in total. The number of aromatic hydroxyl groups is 1. The fourth-order valence-electron chi connectivity index (χ4n) is 4.19. The number of halogens is 2. The van der Waals surface area contributed by atoms with Crippen LogP contribution in [0.4, 0.5) is 8.78 Å². The van der Waals surface area contributed by atoms with Crippen molar-refractivity contribution in [3.8, 4) is 5.75 Å². The number of aromatic nitrogens is 1. The molecule has 0 radical (unpaired) electrons. The average Bonchev–Trinajstić information content (AvgIpc) is 2.66. The van der Waals surface area contributed by atoms with E-state index in [4.69, 9.17) is 0 Å². The van der Waals surface area contributed by atoms with Crippen LogP contribution in [0.15, 0.2) is 29.2 Å². The fourth-order valence-corrected chi connectivity index (χ4v) is 4.19. The Morgan fingerprint density at radius 3 is 2.63 bits per heavy atom. The molecule has 2 amide bonds. The number of aliphatic hydroxyl groups is 1. The van der Waals surface area contributed by atoms with Crippen molar-refractivity contribution in [2.75, 3.05) is 13.6 Å². The van der Waals surface area contributed by atoms with Crippen molar-refractivity contribution in [2.45, 2.75) is 31.0 Å². The summed E-state index contributed by atoms with van der Waals surface area (Å²) >= 11 is 0. The van der Waals surface area contributed by atoms with Crippen LogP contribution in [0.2, 0.25) is 0 Å². The maximum absolute atomic E-state index is 13.8. The Labute approximate surface area is 169 Å². The highest BCUT2D eigenvalue weighted by molar-refractivity contribution is 5.99. The maximum Gasteiger partial charge on any atom is 0.274 e. The molecule has 1 aliphatic carbocycles. The van der Waals surface area contributed by atoms with E-state index in [-0.39, 0.29) is 24.3 Å². The lowest BCUT2D eigenvalue weighted by Gasteiger charge is -2.52. The number of aliphatic hydroxyl groups excluding tert-OH is 1. The highest BCUT2D eigenvalue weighted by Crippen LogP contribution is 2.44. The van der Waals surface area contributed by atoms with E-state index in [1.807, 2.05) is 0 Å². The minimum Gasteiger partial charge on any atom is -0.503 e. The first-order chi connectivity index (χ1) is 14.1. The number of likely N-dealkylation sites (N-methyl/N-ethyl adjacent to an activating group) is 1. The van der Waals surface area contributed by atoms with E-state index in [9.17, 15) is 33.4 Å². The molecule has 0 unspecified atom stereocenters. The molecule has 10 heteroatoms. The minimum atomic E-state index is -1.03. The van der Waals surface area contributed by atoms with Gasteiger partial charge in [-0.2, -0.15) is 0 Å². The summed E-state index contributed by atoms with van der Waals surface area (Å²) in [7, 11) is 1.53. The van der Waals surface area contributed by atoms with Gasteiger partial charge in [0, 0.05) is 38.0 Å². The second-order valence-corrected chi connectivity index (χ2v) is 7.81. The van der Waals surface area contributed by atoms with Gasteiger partial charge < -0.3 is 25.0 Å². The molecule has 30 heavy (non-hydrogen) atoms. The molecule has 4 rings (SSSR count). The lowest BCUT2D eigenvalue weighted by atomic mass is 9.72. The zero-order valence-corrected chi connectivity index (χ0v) is 16.0. The third-order valence-electron chi connectivity index (χ3n) is 5.71. The molecule has 2 aromatic rings. The topological polar surface area (TPSA) is 112 Å². The summed E-state index contributed by atoms with van der Waals surface area (Å²) in [5, 5.41) is 22.6. The molecule has 1 aliphatic heterocycles. The van der Waals surface area contributed by atoms with Crippen molar-refractivity contribution < 1.29 is 28.6 Å². The number of nitrogens with one attached hydrogen (secondary N) is 1. The predicted molar refractivity (Wildman–Crippen MR) is 100 cm³/mol. The number of carbonyl (C=O) groups is 2. The van der Waals surface area contributed by atoms with Gasteiger partial charge in [-0.1, -0.05) is 6.07 Å². The molecule has 0 atom stereocenters.